The first-order valence-electron chi connectivity index (χ1n) is 6.42. The van der Waals surface area contributed by atoms with Crippen molar-refractivity contribution in [3.8, 4) is 0 Å². The van der Waals surface area contributed by atoms with Gasteiger partial charge in [-0.3, -0.25) is 10.1 Å². The minimum atomic E-state index is -0.379. The van der Waals surface area contributed by atoms with Crippen molar-refractivity contribution in [3.63, 3.8) is 0 Å². The molecule has 0 saturated carbocycles. The van der Waals surface area contributed by atoms with Crippen LogP contribution < -0.4 is 5.32 Å². The van der Waals surface area contributed by atoms with Crippen LogP contribution in [0.2, 0.25) is 5.02 Å². The van der Waals surface area contributed by atoms with E-state index in [0.717, 1.165) is 19.3 Å². The molecule has 0 spiro atoms. The summed E-state index contributed by atoms with van der Waals surface area (Å²) in [6.07, 6.45) is 3.18. The van der Waals surface area contributed by atoms with Crippen molar-refractivity contribution in [1.82, 2.24) is 0 Å². The number of nitrogens with zero attached hydrogens (tertiary/aromatic N) is 1. The summed E-state index contributed by atoms with van der Waals surface area (Å²) < 4.78 is 0. The molecule has 1 atom stereocenters. The van der Waals surface area contributed by atoms with Gasteiger partial charge < -0.3 is 5.32 Å². The van der Waals surface area contributed by atoms with Gasteiger partial charge in [-0.2, -0.15) is 0 Å². The number of nitro groups is 1. The van der Waals surface area contributed by atoms with Crippen LogP contribution in [-0.4, -0.2) is 4.92 Å². The normalized spacial score (nSPS) is 17.6. The standard InChI is InChI=1S/C14H13ClN2O2S/c15-9-4-5-13(17(18)19)12(8-9)16-11-2-1-3-14-10(11)6-7-20-14/h4-8,11,16H,1-3H2. The molecular formula is C14H13ClN2O2S. The summed E-state index contributed by atoms with van der Waals surface area (Å²) >= 11 is 7.71. The number of fused-ring (bicyclic) bond motifs is 1. The highest BCUT2D eigenvalue weighted by Crippen LogP contribution is 2.38. The maximum absolute atomic E-state index is 11.1. The van der Waals surface area contributed by atoms with Crippen LogP contribution in [-0.2, 0) is 6.42 Å². The molecule has 3 rings (SSSR count). The Bertz CT molecular complexity index is 656. The average Bonchev–Trinajstić information content (AvgIpc) is 2.88. The van der Waals surface area contributed by atoms with Crippen LogP contribution in [0.15, 0.2) is 29.6 Å². The fourth-order valence-corrected chi connectivity index (χ4v) is 3.77. The van der Waals surface area contributed by atoms with Gasteiger partial charge >= 0.3 is 0 Å². The van der Waals surface area contributed by atoms with Gasteiger partial charge in [-0.1, -0.05) is 11.6 Å². The highest BCUT2D eigenvalue weighted by Gasteiger charge is 2.24. The maximum Gasteiger partial charge on any atom is 0.292 e. The molecule has 1 N–H and O–H groups in total. The van der Waals surface area contributed by atoms with E-state index < -0.39 is 0 Å². The summed E-state index contributed by atoms with van der Waals surface area (Å²) in [6, 6.07) is 6.85. The molecule has 1 aliphatic carbocycles. The predicted octanol–water partition coefficient (Wildman–Crippen LogP) is 4.80. The topological polar surface area (TPSA) is 55.2 Å². The molecule has 1 heterocycles. The Kier molecular flexibility index (Phi) is 3.63. The number of hydrogen-bond acceptors (Lipinski definition) is 4. The number of rotatable bonds is 3. The molecule has 0 radical (unpaired) electrons. The Morgan fingerprint density at radius 1 is 1.40 bits per heavy atom. The number of nitro benzene ring substituents is 1. The molecule has 1 unspecified atom stereocenters. The number of halogens is 1. The van der Waals surface area contributed by atoms with Gasteiger partial charge in [0, 0.05) is 16.0 Å². The van der Waals surface area contributed by atoms with Gasteiger partial charge in [-0.05, 0) is 48.4 Å². The van der Waals surface area contributed by atoms with E-state index in [1.165, 1.54) is 16.5 Å². The first-order chi connectivity index (χ1) is 9.65. The third-order valence-corrected chi connectivity index (χ3v) is 4.77. The highest BCUT2D eigenvalue weighted by atomic mass is 35.5. The van der Waals surface area contributed by atoms with Crippen LogP contribution in [0.5, 0.6) is 0 Å². The average molecular weight is 309 g/mol. The molecule has 0 amide bonds. The molecule has 0 fully saturated rings. The van der Waals surface area contributed by atoms with Crippen molar-refractivity contribution in [2.75, 3.05) is 5.32 Å². The van der Waals surface area contributed by atoms with Gasteiger partial charge in [0.1, 0.15) is 5.69 Å². The second kappa shape index (κ2) is 5.42. The number of anilines is 1. The lowest BCUT2D eigenvalue weighted by molar-refractivity contribution is -0.384. The first kappa shape index (κ1) is 13.4. The Morgan fingerprint density at radius 3 is 3.05 bits per heavy atom. The van der Waals surface area contributed by atoms with Crippen molar-refractivity contribution >= 4 is 34.3 Å². The zero-order valence-corrected chi connectivity index (χ0v) is 12.2. The molecule has 2 aromatic rings. The zero-order valence-electron chi connectivity index (χ0n) is 10.6. The first-order valence-corrected chi connectivity index (χ1v) is 7.67. The summed E-state index contributed by atoms with van der Waals surface area (Å²) in [5, 5.41) is 17.0. The lowest BCUT2D eigenvalue weighted by Gasteiger charge is -2.24. The largest absolute Gasteiger partial charge is 0.373 e. The zero-order chi connectivity index (χ0) is 14.1. The van der Waals surface area contributed by atoms with Crippen LogP contribution in [0.4, 0.5) is 11.4 Å². The molecule has 1 aromatic carbocycles. The van der Waals surface area contributed by atoms with Crippen LogP contribution >= 0.6 is 22.9 Å². The Balaban J connectivity index is 1.93. The van der Waals surface area contributed by atoms with E-state index in [1.54, 1.807) is 23.5 Å². The number of aryl methyl sites for hydroxylation is 1. The van der Waals surface area contributed by atoms with Gasteiger partial charge in [0.05, 0.1) is 11.0 Å². The number of benzene rings is 1. The summed E-state index contributed by atoms with van der Waals surface area (Å²) in [5.41, 5.74) is 1.82. The van der Waals surface area contributed by atoms with Crippen LogP contribution in [0.3, 0.4) is 0 Å². The number of thiophene rings is 1. The molecule has 20 heavy (non-hydrogen) atoms. The summed E-state index contributed by atoms with van der Waals surface area (Å²) in [6.45, 7) is 0. The SMILES string of the molecule is O=[N+]([O-])c1ccc(Cl)cc1NC1CCCc2sccc21. The lowest BCUT2D eigenvalue weighted by Crippen LogP contribution is -2.16. The molecule has 6 heteroatoms. The number of hydrogen-bond donors (Lipinski definition) is 1. The predicted molar refractivity (Wildman–Crippen MR) is 81.7 cm³/mol. The molecule has 104 valence electrons. The molecule has 4 nitrogen and oxygen atoms in total. The van der Waals surface area contributed by atoms with Crippen LogP contribution in [0.25, 0.3) is 0 Å². The number of nitrogens with one attached hydrogen (secondary N) is 1. The molecule has 0 saturated heterocycles. The van der Waals surface area contributed by atoms with Crippen molar-refractivity contribution in [2.24, 2.45) is 0 Å². The minimum Gasteiger partial charge on any atom is -0.373 e. The van der Waals surface area contributed by atoms with Gasteiger partial charge in [0.25, 0.3) is 5.69 Å². The Morgan fingerprint density at radius 2 is 2.25 bits per heavy atom. The summed E-state index contributed by atoms with van der Waals surface area (Å²) in [4.78, 5) is 12.1. The molecule has 1 aliphatic rings. The fourth-order valence-electron chi connectivity index (χ4n) is 2.61. The molecular weight excluding hydrogens is 296 g/mol. The summed E-state index contributed by atoms with van der Waals surface area (Å²) in [7, 11) is 0. The van der Waals surface area contributed by atoms with Crippen molar-refractivity contribution in [1.29, 1.82) is 0 Å². The van der Waals surface area contributed by atoms with Crippen LogP contribution in [0.1, 0.15) is 29.3 Å². The molecule has 0 bridgehead atoms. The summed E-state index contributed by atoms with van der Waals surface area (Å²) in [5.74, 6) is 0. The minimum absolute atomic E-state index is 0.0664. The van der Waals surface area contributed by atoms with Gasteiger partial charge in [-0.25, -0.2) is 0 Å². The molecule has 1 aromatic heterocycles. The van der Waals surface area contributed by atoms with Crippen molar-refractivity contribution in [3.05, 3.63) is 55.2 Å². The van der Waals surface area contributed by atoms with Gasteiger partial charge in [0.2, 0.25) is 0 Å². The van der Waals surface area contributed by atoms with E-state index in [1.807, 2.05) is 0 Å². The third kappa shape index (κ3) is 2.51. The Labute approximate surface area is 125 Å². The van der Waals surface area contributed by atoms with Crippen molar-refractivity contribution < 1.29 is 4.92 Å². The van der Waals surface area contributed by atoms with Gasteiger partial charge in [-0.15, -0.1) is 11.3 Å². The quantitative estimate of drug-likeness (QED) is 0.654. The second-order valence-corrected chi connectivity index (χ2v) is 6.24. The van der Waals surface area contributed by atoms with E-state index in [-0.39, 0.29) is 16.7 Å². The van der Waals surface area contributed by atoms with E-state index in [4.69, 9.17) is 11.6 Å². The van der Waals surface area contributed by atoms with E-state index in [0.29, 0.717) is 10.7 Å². The monoisotopic (exact) mass is 308 g/mol. The van der Waals surface area contributed by atoms with E-state index >= 15 is 0 Å². The fraction of sp³-hybridized carbons (Fsp3) is 0.286. The van der Waals surface area contributed by atoms with Crippen LogP contribution in [0, 0.1) is 10.1 Å². The third-order valence-electron chi connectivity index (χ3n) is 3.54. The van der Waals surface area contributed by atoms with E-state index in [9.17, 15) is 10.1 Å². The van der Waals surface area contributed by atoms with E-state index in [2.05, 4.69) is 16.8 Å². The second-order valence-electron chi connectivity index (χ2n) is 4.81. The highest BCUT2D eigenvalue weighted by molar-refractivity contribution is 7.10. The van der Waals surface area contributed by atoms with Crippen molar-refractivity contribution in [2.45, 2.75) is 25.3 Å². The lowest BCUT2D eigenvalue weighted by atomic mass is 9.94. The Hall–Kier alpha value is -1.59. The maximum atomic E-state index is 11.1. The smallest absolute Gasteiger partial charge is 0.292 e. The molecule has 0 aliphatic heterocycles. The van der Waals surface area contributed by atoms with Gasteiger partial charge in [0.15, 0.2) is 0 Å².